The maximum Gasteiger partial charge on any atom is 0.119 e. The van der Waals surface area contributed by atoms with E-state index in [-0.39, 0.29) is 5.54 Å². The summed E-state index contributed by atoms with van der Waals surface area (Å²) in [4.78, 5) is 0. The van der Waals surface area contributed by atoms with Crippen LogP contribution in [-0.2, 0) is 6.42 Å². The highest BCUT2D eigenvalue weighted by Crippen LogP contribution is 2.13. The molecule has 1 N–H and O–H groups in total. The van der Waals surface area contributed by atoms with Crippen molar-refractivity contribution < 1.29 is 4.74 Å². The molecule has 0 amide bonds. The van der Waals surface area contributed by atoms with Crippen LogP contribution in [0.5, 0.6) is 5.75 Å². The summed E-state index contributed by atoms with van der Waals surface area (Å²) in [5, 5.41) is 3.50. The molecule has 0 bridgehead atoms. The normalized spacial score (nSPS) is 13.4. The second-order valence-electron chi connectivity index (χ2n) is 6.04. The fourth-order valence-corrected chi connectivity index (χ4v) is 1.60. The van der Waals surface area contributed by atoms with E-state index in [9.17, 15) is 0 Å². The molecule has 1 aromatic carbocycles. The quantitative estimate of drug-likeness (QED) is 0.831. The summed E-state index contributed by atoms with van der Waals surface area (Å²) in [6.07, 6.45) is 1.08. The van der Waals surface area contributed by atoms with Crippen LogP contribution < -0.4 is 10.1 Å². The largest absolute Gasteiger partial charge is 0.493 e. The van der Waals surface area contributed by atoms with E-state index in [0.717, 1.165) is 25.3 Å². The molecule has 102 valence electrons. The van der Waals surface area contributed by atoms with Gasteiger partial charge < -0.3 is 10.1 Å². The lowest BCUT2D eigenvalue weighted by molar-refractivity contribution is 0.244. The van der Waals surface area contributed by atoms with Crippen molar-refractivity contribution in [1.29, 1.82) is 0 Å². The number of benzene rings is 1. The summed E-state index contributed by atoms with van der Waals surface area (Å²) in [6, 6.07) is 8.38. The van der Waals surface area contributed by atoms with Gasteiger partial charge in [-0.1, -0.05) is 26.0 Å². The number of ether oxygens (including phenoxy) is 1. The van der Waals surface area contributed by atoms with Gasteiger partial charge in [0.15, 0.2) is 0 Å². The Hall–Kier alpha value is -1.02. The van der Waals surface area contributed by atoms with Crippen LogP contribution in [0.25, 0.3) is 0 Å². The summed E-state index contributed by atoms with van der Waals surface area (Å²) in [7, 11) is 0. The van der Waals surface area contributed by atoms with Crippen LogP contribution in [0.1, 0.15) is 40.2 Å². The van der Waals surface area contributed by atoms with Gasteiger partial charge in [0.05, 0.1) is 6.61 Å². The van der Waals surface area contributed by atoms with Crippen molar-refractivity contribution in [2.75, 3.05) is 13.2 Å². The first-order valence-electron chi connectivity index (χ1n) is 6.87. The Kier molecular flexibility index (Phi) is 5.67. The van der Waals surface area contributed by atoms with Crippen LogP contribution in [0, 0.1) is 5.92 Å². The van der Waals surface area contributed by atoms with Crippen LogP contribution in [0.15, 0.2) is 24.3 Å². The van der Waals surface area contributed by atoms with E-state index in [4.69, 9.17) is 4.74 Å². The van der Waals surface area contributed by atoms with E-state index in [1.54, 1.807) is 0 Å². The maximum absolute atomic E-state index is 5.79. The smallest absolute Gasteiger partial charge is 0.119 e. The van der Waals surface area contributed by atoms with Crippen molar-refractivity contribution in [3.8, 4) is 5.75 Å². The number of rotatable bonds is 6. The molecule has 0 radical (unpaired) electrons. The molecule has 0 spiro atoms. The predicted octanol–water partition coefficient (Wildman–Crippen LogP) is 3.65. The molecule has 0 fully saturated rings. The first-order chi connectivity index (χ1) is 8.40. The highest BCUT2D eigenvalue weighted by atomic mass is 16.5. The highest BCUT2D eigenvalue weighted by molar-refractivity contribution is 5.27. The second-order valence-corrected chi connectivity index (χ2v) is 6.04. The Morgan fingerprint density at radius 3 is 2.28 bits per heavy atom. The van der Waals surface area contributed by atoms with Gasteiger partial charge in [0.1, 0.15) is 5.75 Å². The minimum Gasteiger partial charge on any atom is -0.493 e. The van der Waals surface area contributed by atoms with E-state index in [2.05, 4.69) is 64.2 Å². The van der Waals surface area contributed by atoms with Gasteiger partial charge in [-0.15, -0.1) is 0 Å². The number of nitrogens with one attached hydrogen (secondary N) is 1. The Bertz CT molecular complexity index is 337. The molecule has 0 aromatic heterocycles. The molecule has 2 nitrogen and oxygen atoms in total. The lowest BCUT2D eigenvalue weighted by Crippen LogP contribution is -2.39. The molecule has 1 atom stereocenters. The van der Waals surface area contributed by atoms with Crippen molar-refractivity contribution in [1.82, 2.24) is 5.32 Å². The van der Waals surface area contributed by atoms with Gasteiger partial charge in [0, 0.05) is 18.0 Å². The molecule has 0 saturated carbocycles. The fourth-order valence-electron chi connectivity index (χ4n) is 1.60. The van der Waals surface area contributed by atoms with Crippen molar-refractivity contribution in [3.05, 3.63) is 29.8 Å². The van der Waals surface area contributed by atoms with E-state index in [1.807, 2.05) is 0 Å². The van der Waals surface area contributed by atoms with Gasteiger partial charge >= 0.3 is 0 Å². The molecule has 0 aliphatic rings. The third kappa shape index (κ3) is 6.06. The van der Waals surface area contributed by atoms with Gasteiger partial charge in [0.25, 0.3) is 0 Å². The summed E-state index contributed by atoms with van der Waals surface area (Å²) in [6.45, 7) is 12.7. The lowest BCUT2D eigenvalue weighted by Gasteiger charge is -2.23. The Morgan fingerprint density at radius 1 is 1.17 bits per heavy atom. The molecule has 0 aliphatic heterocycles. The monoisotopic (exact) mass is 249 g/mol. The van der Waals surface area contributed by atoms with Crippen molar-refractivity contribution >= 4 is 0 Å². The third-order valence-electron chi connectivity index (χ3n) is 2.85. The zero-order chi connectivity index (χ0) is 13.6. The Labute approximate surface area is 112 Å². The summed E-state index contributed by atoms with van der Waals surface area (Å²) in [5.41, 5.74) is 1.53. The van der Waals surface area contributed by atoms with Crippen LogP contribution in [0.4, 0.5) is 0 Å². The fraction of sp³-hybridized carbons (Fsp3) is 0.625. The zero-order valence-corrected chi connectivity index (χ0v) is 12.4. The molecule has 1 rings (SSSR count). The molecule has 0 aliphatic carbocycles. The number of aryl methyl sites for hydroxylation is 1. The Morgan fingerprint density at radius 2 is 1.78 bits per heavy atom. The van der Waals surface area contributed by atoms with Crippen LogP contribution in [-0.4, -0.2) is 18.7 Å². The minimum absolute atomic E-state index is 0.178. The highest BCUT2D eigenvalue weighted by Gasteiger charge is 2.11. The van der Waals surface area contributed by atoms with Crippen molar-refractivity contribution in [3.63, 3.8) is 0 Å². The van der Waals surface area contributed by atoms with Crippen LogP contribution in [0.2, 0.25) is 0 Å². The summed E-state index contributed by atoms with van der Waals surface area (Å²) < 4.78 is 5.79. The van der Waals surface area contributed by atoms with Gasteiger partial charge in [-0.3, -0.25) is 0 Å². The van der Waals surface area contributed by atoms with Gasteiger partial charge in [0.2, 0.25) is 0 Å². The summed E-state index contributed by atoms with van der Waals surface area (Å²) in [5.74, 6) is 1.48. The standard InChI is InChI=1S/C16H27NO/c1-6-14-7-9-15(10-8-14)18-12-13(2)11-17-16(3,4)5/h7-10,13,17H,6,11-12H2,1-5H3. The van der Waals surface area contributed by atoms with E-state index in [0.29, 0.717) is 5.92 Å². The first-order valence-corrected chi connectivity index (χ1v) is 6.87. The van der Waals surface area contributed by atoms with Crippen LogP contribution in [0.3, 0.4) is 0 Å². The molecule has 1 unspecified atom stereocenters. The molecule has 2 heteroatoms. The topological polar surface area (TPSA) is 21.3 Å². The average molecular weight is 249 g/mol. The first kappa shape index (κ1) is 15.0. The lowest BCUT2D eigenvalue weighted by atomic mass is 10.1. The minimum atomic E-state index is 0.178. The molecular formula is C16H27NO. The summed E-state index contributed by atoms with van der Waals surface area (Å²) >= 11 is 0. The van der Waals surface area contributed by atoms with Crippen LogP contribution >= 0.6 is 0 Å². The van der Waals surface area contributed by atoms with E-state index in [1.165, 1.54) is 5.56 Å². The molecule has 1 aromatic rings. The van der Waals surface area contributed by atoms with Gasteiger partial charge in [-0.2, -0.15) is 0 Å². The van der Waals surface area contributed by atoms with Crippen molar-refractivity contribution in [2.45, 2.75) is 46.6 Å². The number of hydrogen-bond acceptors (Lipinski definition) is 2. The van der Waals surface area contributed by atoms with E-state index < -0.39 is 0 Å². The molecule has 0 heterocycles. The maximum atomic E-state index is 5.79. The third-order valence-corrected chi connectivity index (χ3v) is 2.85. The van der Waals surface area contributed by atoms with Gasteiger partial charge in [-0.25, -0.2) is 0 Å². The Balaban J connectivity index is 2.31. The number of hydrogen-bond donors (Lipinski definition) is 1. The van der Waals surface area contributed by atoms with Crippen molar-refractivity contribution in [2.24, 2.45) is 5.92 Å². The molecule has 0 saturated heterocycles. The SMILES string of the molecule is CCc1ccc(OCC(C)CNC(C)(C)C)cc1. The van der Waals surface area contributed by atoms with E-state index >= 15 is 0 Å². The molecule has 18 heavy (non-hydrogen) atoms. The average Bonchev–Trinajstić information content (AvgIpc) is 2.33. The van der Waals surface area contributed by atoms with Gasteiger partial charge in [-0.05, 0) is 44.9 Å². The zero-order valence-electron chi connectivity index (χ0n) is 12.4. The molecular weight excluding hydrogens is 222 g/mol. The second kappa shape index (κ2) is 6.79. The predicted molar refractivity (Wildman–Crippen MR) is 78.2 cm³/mol.